The zero-order valence-corrected chi connectivity index (χ0v) is 18.5. The number of hydrogen-bond donors (Lipinski definition) is 5. The average molecular weight is 456 g/mol. The number of anilines is 3. The van der Waals surface area contributed by atoms with Crippen molar-refractivity contribution in [1.29, 1.82) is 0 Å². The number of hydrogen-bond acceptors (Lipinski definition) is 7. The molecule has 0 fully saturated rings. The molecule has 168 valence electrons. The third-order valence-electron chi connectivity index (χ3n) is 5.14. The first-order valence-corrected chi connectivity index (χ1v) is 11.5. The molecule has 1 aromatic carbocycles. The summed E-state index contributed by atoms with van der Waals surface area (Å²) in [5.41, 5.74) is 9.63. The standard InChI is InChI=1S/C21H25N7O3S/c1-11(29)23-15-9-12(22)10-16-18(15)27-20(24-16)26-17(30)7-4-8-32-21-25-14-6-3-2-5-13(14)19(31)28-21/h9-10H,2-8,22H2,1H3,(H,23,29)(H,25,28,31)(H2,24,26,27,30). The van der Waals surface area contributed by atoms with Crippen LogP contribution in [0.5, 0.6) is 0 Å². The summed E-state index contributed by atoms with van der Waals surface area (Å²) in [4.78, 5) is 50.7. The van der Waals surface area contributed by atoms with Crippen LogP contribution in [0.1, 0.15) is 43.9 Å². The van der Waals surface area contributed by atoms with Crippen LogP contribution in [-0.2, 0) is 22.4 Å². The molecule has 2 aromatic heterocycles. The van der Waals surface area contributed by atoms with Gasteiger partial charge in [-0.2, -0.15) is 0 Å². The first-order valence-electron chi connectivity index (χ1n) is 10.5. The number of imidazole rings is 1. The number of aromatic nitrogens is 4. The molecule has 1 aliphatic rings. The molecule has 0 spiro atoms. The number of H-pyrrole nitrogens is 2. The molecule has 11 heteroatoms. The highest BCUT2D eigenvalue weighted by Crippen LogP contribution is 2.26. The Morgan fingerprint density at radius 1 is 1.16 bits per heavy atom. The number of benzene rings is 1. The van der Waals surface area contributed by atoms with E-state index in [1.807, 2.05) is 0 Å². The van der Waals surface area contributed by atoms with Crippen LogP contribution in [0.3, 0.4) is 0 Å². The Balaban J connectivity index is 1.32. The average Bonchev–Trinajstić information content (AvgIpc) is 3.13. The minimum absolute atomic E-state index is 0.0425. The predicted molar refractivity (Wildman–Crippen MR) is 125 cm³/mol. The van der Waals surface area contributed by atoms with Crippen LogP contribution >= 0.6 is 11.8 Å². The maximum absolute atomic E-state index is 12.3. The number of thioether (sulfide) groups is 1. The van der Waals surface area contributed by atoms with Gasteiger partial charge in [0, 0.05) is 30.3 Å². The first kappa shape index (κ1) is 21.9. The van der Waals surface area contributed by atoms with Crippen LogP contribution in [0.15, 0.2) is 22.1 Å². The number of fused-ring (bicyclic) bond motifs is 2. The Morgan fingerprint density at radius 2 is 1.97 bits per heavy atom. The number of nitrogens with zero attached hydrogens (tertiary/aromatic N) is 2. The molecule has 0 aliphatic heterocycles. The highest BCUT2D eigenvalue weighted by molar-refractivity contribution is 7.99. The van der Waals surface area contributed by atoms with Gasteiger partial charge in [0.15, 0.2) is 5.16 Å². The Hall–Kier alpha value is -3.34. The van der Waals surface area contributed by atoms with Crippen LogP contribution in [0, 0.1) is 0 Å². The Morgan fingerprint density at radius 3 is 2.78 bits per heavy atom. The van der Waals surface area contributed by atoms with Crippen molar-refractivity contribution in [3.8, 4) is 0 Å². The molecule has 0 unspecified atom stereocenters. The number of aryl methyl sites for hydroxylation is 1. The molecule has 1 aliphatic carbocycles. The second-order valence-electron chi connectivity index (χ2n) is 7.73. The molecule has 3 aromatic rings. The summed E-state index contributed by atoms with van der Waals surface area (Å²) < 4.78 is 0. The van der Waals surface area contributed by atoms with Crippen molar-refractivity contribution in [2.45, 2.75) is 50.6 Å². The summed E-state index contributed by atoms with van der Waals surface area (Å²) in [6.45, 7) is 1.40. The minimum Gasteiger partial charge on any atom is -0.399 e. The normalized spacial score (nSPS) is 13.0. The maximum atomic E-state index is 12.3. The van der Waals surface area contributed by atoms with Gasteiger partial charge in [-0.05, 0) is 44.2 Å². The van der Waals surface area contributed by atoms with Crippen molar-refractivity contribution in [2.24, 2.45) is 0 Å². The van der Waals surface area contributed by atoms with Crippen LogP contribution in [0.2, 0.25) is 0 Å². The van der Waals surface area contributed by atoms with Gasteiger partial charge in [0.05, 0.1) is 22.4 Å². The summed E-state index contributed by atoms with van der Waals surface area (Å²) in [6.07, 6.45) is 4.65. The fraction of sp³-hybridized carbons (Fsp3) is 0.381. The number of carbonyl (C=O) groups is 2. The van der Waals surface area contributed by atoms with E-state index in [0.717, 1.165) is 36.9 Å². The molecule has 2 amide bonds. The molecule has 32 heavy (non-hydrogen) atoms. The molecule has 0 bridgehead atoms. The lowest BCUT2D eigenvalue weighted by Gasteiger charge is -2.14. The van der Waals surface area contributed by atoms with Gasteiger partial charge in [-0.25, -0.2) is 9.97 Å². The molecule has 0 saturated heterocycles. The van der Waals surface area contributed by atoms with Gasteiger partial charge in [0.25, 0.3) is 5.56 Å². The van der Waals surface area contributed by atoms with Crippen molar-refractivity contribution in [1.82, 2.24) is 19.9 Å². The summed E-state index contributed by atoms with van der Waals surface area (Å²) >= 11 is 1.44. The van der Waals surface area contributed by atoms with E-state index in [4.69, 9.17) is 5.73 Å². The topological polar surface area (TPSA) is 159 Å². The van der Waals surface area contributed by atoms with Crippen molar-refractivity contribution >= 4 is 51.9 Å². The summed E-state index contributed by atoms with van der Waals surface area (Å²) in [5.74, 6) is 0.517. The van der Waals surface area contributed by atoms with E-state index in [1.54, 1.807) is 12.1 Å². The number of aromatic amines is 2. The molecule has 0 saturated carbocycles. The number of nitrogens with one attached hydrogen (secondary N) is 4. The molecule has 10 nitrogen and oxygen atoms in total. The van der Waals surface area contributed by atoms with E-state index >= 15 is 0 Å². The second kappa shape index (κ2) is 9.43. The van der Waals surface area contributed by atoms with Crippen LogP contribution in [0.4, 0.5) is 17.3 Å². The fourth-order valence-electron chi connectivity index (χ4n) is 3.73. The number of carbonyl (C=O) groups excluding carboxylic acids is 2. The highest BCUT2D eigenvalue weighted by atomic mass is 32.2. The third kappa shape index (κ3) is 5.10. The van der Waals surface area contributed by atoms with E-state index in [0.29, 0.717) is 46.2 Å². The zero-order chi connectivity index (χ0) is 22.7. The van der Waals surface area contributed by atoms with Gasteiger partial charge >= 0.3 is 0 Å². The number of nitrogens with two attached hydrogens (primary N) is 1. The van der Waals surface area contributed by atoms with Crippen LogP contribution in [0.25, 0.3) is 11.0 Å². The van der Waals surface area contributed by atoms with Crippen molar-refractivity contribution in [3.05, 3.63) is 33.7 Å². The Kier molecular flexibility index (Phi) is 6.45. The van der Waals surface area contributed by atoms with E-state index in [2.05, 4.69) is 30.6 Å². The van der Waals surface area contributed by atoms with Gasteiger partial charge in [-0.3, -0.25) is 19.7 Å². The SMILES string of the molecule is CC(=O)Nc1cc(N)cc2nc(NC(=O)CCCSc3nc4c(c(=O)[nH]3)CCCC4)[nH]c12. The van der Waals surface area contributed by atoms with Gasteiger partial charge in [-0.15, -0.1) is 0 Å². The third-order valence-corrected chi connectivity index (χ3v) is 6.10. The van der Waals surface area contributed by atoms with Gasteiger partial charge < -0.3 is 21.0 Å². The Labute approximate surface area is 188 Å². The van der Waals surface area contributed by atoms with Crippen LogP contribution < -0.4 is 21.9 Å². The maximum Gasteiger partial charge on any atom is 0.254 e. The van der Waals surface area contributed by atoms with Crippen molar-refractivity contribution in [3.63, 3.8) is 0 Å². The lowest BCUT2D eigenvalue weighted by Crippen LogP contribution is -2.21. The van der Waals surface area contributed by atoms with E-state index < -0.39 is 0 Å². The van der Waals surface area contributed by atoms with Crippen LogP contribution in [-0.4, -0.2) is 37.5 Å². The molecule has 4 rings (SSSR count). The van der Waals surface area contributed by atoms with Crippen molar-refractivity contribution in [2.75, 3.05) is 22.1 Å². The summed E-state index contributed by atoms with van der Waals surface area (Å²) in [6, 6.07) is 3.29. The van der Waals surface area contributed by atoms with E-state index in [-0.39, 0.29) is 23.3 Å². The lowest BCUT2D eigenvalue weighted by molar-refractivity contribution is -0.116. The molecule has 2 heterocycles. The van der Waals surface area contributed by atoms with Crippen molar-refractivity contribution < 1.29 is 9.59 Å². The molecule has 6 N–H and O–H groups in total. The highest BCUT2D eigenvalue weighted by Gasteiger charge is 2.16. The smallest absolute Gasteiger partial charge is 0.254 e. The minimum atomic E-state index is -0.232. The summed E-state index contributed by atoms with van der Waals surface area (Å²) in [7, 11) is 0. The number of amides is 2. The monoisotopic (exact) mass is 455 g/mol. The Bertz CT molecular complexity index is 1230. The predicted octanol–water partition coefficient (Wildman–Crippen LogP) is 2.58. The molecule has 0 radical (unpaired) electrons. The van der Waals surface area contributed by atoms with E-state index in [9.17, 15) is 14.4 Å². The van der Waals surface area contributed by atoms with Gasteiger partial charge in [0.2, 0.25) is 17.8 Å². The molecular formula is C21H25N7O3S. The number of nitrogen functional groups attached to an aromatic ring is 1. The number of rotatable bonds is 7. The van der Waals surface area contributed by atoms with Gasteiger partial charge in [-0.1, -0.05) is 11.8 Å². The zero-order valence-electron chi connectivity index (χ0n) is 17.7. The fourth-order valence-corrected chi connectivity index (χ4v) is 4.55. The second-order valence-corrected chi connectivity index (χ2v) is 8.82. The summed E-state index contributed by atoms with van der Waals surface area (Å²) in [5, 5.41) is 6.04. The largest absolute Gasteiger partial charge is 0.399 e. The van der Waals surface area contributed by atoms with E-state index in [1.165, 1.54) is 18.7 Å². The van der Waals surface area contributed by atoms with Gasteiger partial charge in [0.1, 0.15) is 0 Å². The lowest BCUT2D eigenvalue weighted by atomic mass is 9.97. The quantitative estimate of drug-likeness (QED) is 0.158. The first-order chi connectivity index (χ1) is 15.4. The molecular weight excluding hydrogens is 430 g/mol. The molecule has 0 atom stereocenters.